The van der Waals surface area contributed by atoms with Gasteiger partial charge in [0.25, 0.3) is 0 Å². The Morgan fingerprint density at radius 3 is 2.73 bits per heavy atom. The molecule has 1 fully saturated rings. The number of aliphatic hydroxyl groups is 1. The zero-order chi connectivity index (χ0) is 10.9. The normalized spacial score (nSPS) is 25.8. The molecule has 1 atom stereocenters. The number of benzene rings is 1. The van der Waals surface area contributed by atoms with Crippen LogP contribution in [-0.2, 0) is 11.2 Å². The Morgan fingerprint density at radius 1 is 1.33 bits per heavy atom. The highest BCUT2D eigenvalue weighted by atomic mass is 16.5. The van der Waals surface area contributed by atoms with E-state index >= 15 is 0 Å². The van der Waals surface area contributed by atoms with Crippen LogP contribution in [0.5, 0.6) is 0 Å². The van der Waals surface area contributed by atoms with Gasteiger partial charge in [-0.05, 0) is 30.5 Å². The van der Waals surface area contributed by atoms with Gasteiger partial charge in [-0.2, -0.15) is 0 Å². The molecule has 0 radical (unpaired) electrons. The van der Waals surface area contributed by atoms with Crippen molar-refractivity contribution in [2.75, 3.05) is 13.2 Å². The Bertz CT molecular complexity index is 352. The molecule has 0 aliphatic carbocycles. The Hall–Kier alpha value is -0.860. The maximum Gasteiger partial charge on any atom is 0.0942 e. The van der Waals surface area contributed by atoms with Gasteiger partial charge >= 0.3 is 0 Å². The van der Waals surface area contributed by atoms with Gasteiger partial charge in [0.1, 0.15) is 0 Å². The van der Waals surface area contributed by atoms with Crippen LogP contribution in [0, 0.1) is 13.8 Å². The molecule has 1 aliphatic rings. The van der Waals surface area contributed by atoms with E-state index < -0.39 is 5.60 Å². The zero-order valence-electron chi connectivity index (χ0n) is 9.42. The molecule has 0 amide bonds. The van der Waals surface area contributed by atoms with E-state index in [0.29, 0.717) is 19.6 Å². The number of ether oxygens (including phenoxy) is 1. The number of aryl methyl sites for hydroxylation is 2. The van der Waals surface area contributed by atoms with Crippen LogP contribution in [0.1, 0.15) is 23.1 Å². The summed E-state index contributed by atoms with van der Waals surface area (Å²) in [6.07, 6.45) is 1.45. The Kier molecular flexibility index (Phi) is 2.81. The van der Waals surface area contributed by atoms with Crippen LogP contribution in [0.2, 0.25) is 0 Å². The summed E-state index contributed by atoms with van der Waals surface area (Å²) in [6, 6.07) is 6.37. The number of hydrogen-bond donors (Lipinski definition) is 1. The van der Waals surface area contributed by atoms with Gasteiger partial charge in [-0.15, -0.1) is 0 Å². The lowest BCUT2D eigenvalue weighted by molar-refractivity contribution is 0.0270. The first-order chi connectivity index (χ1) is 7.09. The van der Waals surface area contributed by atoms with E-state index in [-0.39, 0.29) is 0 Å². The van der Waals surface area contributed by atoms with Crippen molar-refractivity contribution in [2.45, 2.75) is 32.3 Å². The smallest absolute Gasteiger partial charge is 0.0942 e. The fourth-order valence-corrected chi connectivity index (χ4v) is 2.03. The van der Waals surface area contributed by atoms with Crippen molar-refractivity contribution in [3.05, 3.63) is 34.9 Å². The van der Waals surface area contributed by atoms with Crippen LogP contribution in [0.15, 0.2) is 18.2 Å². The third kappa shape index (κ3) is 2.39. The molecule has 15 heavy (non-hydrogen) atoms. The summed E-state index contributed by atoms with van der Waals surface area (Å²) in [5, 5.41) is 10.2. The third-order valence-corrected chi connectivity index (χ3v) is 3.19. The van der Waals surface area contributed by atoms with Gasteiger partial charge in [-0.25, -0.2) is 0 Å². The van der Waals surface area contributed by atoms with Gasteiger partial charge in [-0.3, -0.25) is 0 Å². The van der Waals surface area contributed by atoms with Crippen molar-refractivity contribution in [1.82, 2.24) is 0 Å². The summed E-state index contributed by atoms with van der Waals surface area (Å²) in [4.78, 5) is 0. The third-order valence-electron chi connectivity index (χ3n) is 3.19. The first kappa shape index (κ1) is 10.7. The SMILES string of the molecule is Cc1ccc(CC2(O)CCOC2)cc1C. The molecule has 1 aromatic carbocycles. The highest BCUT2D eigenvalue weighted by Gasteiger charge is 2.32. The molecule has 2 heteroatoms. The molecule has 0 bridgehead atoms. The van der Waals surface area contributed by atoms with Crippen LogP contribution in [0.25, 0.3) is 0 Å². The van der Waals surface area contributed by atoms with E-state index in [1.165, 1.54) is 16.7 Å². The van der Waals surface area contributed by atoms with E-state index in [4.69, 9.17) is 4.74 Å². The molecule has 82 valence electrons. The van der Waals surface area contributed by atoms with Crippen molar-refractivity contribution in [3.63, 3.8) is 0 Å². The minimum absolute atomic E-state index is 0.472. The summed E-state index contributed by atoms with van der Waals surface area (Å²) in [5.74, 6) is 0. The molecule has 0 saturated carbocycles. The lowest BCUT2D eigenvalue weighted by atomic mass is 9.92. The lowest BCUT2D eigenvalue weighted by Crippen LogP contribution is -2.31. The minimum Gasteiger partial charge on any atom is -0.387 e. The van der Waals surface area contributed by atoms with E-state index in [1.54, 1.807) is 0 Å². The molecule has 0 spiro atoms. The van der Waals surface area contributed by atoms with Gasteiger partial charge < -0.3 is 9.84 Å². The van der Waals surface area contributed by atoms with Crippen molar-refractivity contribution < 1.29 is 9.84 Å². The summed E-state index contributed by atoms with van der Waals surface area (Å²) in [6.45, 7) is 5.36. The van der Waals surface area contributed by atoms with Crippen LogP contribution < -0.4 is 0 Å². The van der Waals surface area contributed by atoms with Gasteiger partial charge in [0, 0.05) is 19.4 Å². The topological polar surface area (TPSA) is 29.5 Å². The fraction of sp³-hybridized carbons (Fsp3) is 0.538. The maximum absolute atomic E-state index is 10.2. The molecule has 1 aromatic rings. The van der Waals surface area contributed by atoms with Gasteiger partial charge in [0.05, 0.1) is 12.2 Å². The van der Waals surface area contributed by atoms with Crippen LogP contribution >= 0.6 is 0 Å². The van der Waals surface area contributed by atoms with Gasteiger partial charge in [0.2, 0.25) is 0 Å². The van der Waals surface area contributed by atoms with Crippen molar-refractivity contribution >= 4 is 0 Å². The predicted octanol–water partition coefficient (Wildman–Crippen LogP) is 2.00. The second-order valence-electron chi connectivity index (χ2n) is 4.62. The summed E-state index contributed by atoms with van der Waals surface area (Å²) in [7, 11) is 0. The fourth-order valence-electron chi connectivity index (χ4n) is 2.03. The molecule has 0 aromatic heterocycles. The maximum atomic E-state index is 10.2. The Morgan fingerprint density at radius 2 is 2.13 bits per heavy atom. The Balaban J connectivity index is 2.13. The van der Waals surface area contributed by atoms with E-state index in [1.807, 2.05) is 0 Å². The van der Waals surface area contributed by atoms with Crippen LogP contribution in [-0.4, -0.2) is 23.9 Å². The number of rotatable bonds is 2. The second-order valence-corrected chi connectivity index (χ2v) is 4.62. The first-order valence-corrected chi connectivity index (χ1v) is 5.45. The second kappa shape index (κ2) is 3.95. The van der Waals surface area contributed by atoms with E-state index in [2.05, 4.69) is 32.0 Å². The van der Waals surface area contributed by atoms with Crippen molar-refractivity contribution in [1.29, 1.82) is 0 Å². The lowest BCUT2D eigenvalue weighted by Gasteiger charge is -2.20. The molecule has 2 nitrogen and oxygen atoms in total. The number of hydrogen-bond acceptors (Lipinski definition) is 2. The molecule has 1 saturated heterocycles. The average molecular weight is 206 g/mol. The van der Waals surface area contributed by atoms with Crippen LogP contribution in [0.4, 0.5) is 0 Å². The molecule has 2 rings (SSSR count). The molecule has 1 N–H and O–H groups in total. The monoisotopic (exact) mass is 206 g/mol. The molecule has 1 heterocycles. The molecule has 1 aliphatic heterocycles. The largest absolute Gasteiger partial charge is 0.387 e. The van der Waals surface area contributed by atoms with E-state index in [0.717, 1.165) is 6.42 Å². The summed E-state index contributed by atoms with van der Waals surface area (Å²) >= 11 is 0. The minimum atomic E-state index is -0.637. The standard InChI is InChI=1S/C13H18O2/c1-10-3-4-12(7-11(10)2)8-13(14)5-6-15-9-13/h3-4,7,14H,5-6,8-9H2,1-2H3. The van der Waals surface area contributed by atoms with Gasteiger partial charge in [-0.1, -0.05) is 18.2 Å². The van der Waals surface area contributed by atoms with E-state index in [9.17, 15) is 5.11 Å². The average Bonchev–Trinajstić information content (AvgIpc) is 2.59. The molecular weight excluding hydrogens is 188 g/mol. The van der Waals surface area contributed by atoms with Crippen LogP contribution in [0.3, 0.4) is 0 Å². The molecule has 1 unspecified atom stereocenters. The predicted molar refractivity (Wildman–Crippen MR) is 60.0 cm³/mol. The van der Waals surface area contributed by atoms with Crippen molar-refractivity contribution in [3.8, 4) is 0 Å². The highest BCUT2D eigenvalue weighted by Crippen LogP contribution is 2.24. The first-order valence-electron chi connectivity index (χ1n) is 5.45. The zero-order valence-corrected chi connectivity index (χ0v) is 9.42. The highest BCUT2D eigenvalue weighted by molar-refractivity contribution is 5.30. The van der Waals surface area contributed by atoms with Crippen molar-refractivity contribution in [2.24, 2.45) is 0 Å². The summed E-state index contributed by atoms with van der Waals surface area (Å²) < 4.78 is 5.24. The summed E-state index contributed by atoms with van der Waals surface area (Å²) in [5.41, 5.74) is 3.15. The molecular formula is C13H18O2. The van der Waals surface area contributed by atoms with Gasteiger partial charge in [0.15, 0.2) is 0 Å². The Labute approximate surface area is 90.9 Å². The quantitative estimate of drug-likeness (QED) is 0.802.